The Labute approximate surface area is 250 Å². The van der Waals surface area contributed by atoms with Crippen LogP contribution in [0.25, 0.3) is 10.4 Å². The van der Waals surface area contributed by atoms with Crippen LogP contribution in [0.15, 0.2) is 23.3 Å². The molecule has 1 unspecified atom stereocenters. The molecular weight excluding hydrogens is 556 g/mol. The van der Waals surface area contributed by atoms with Gasteiger partial charge in [-0.25, -0.2) is 4.79 Å². The largest absolute Gasteiger partial charge is 0.444 e. The van der Waals surface area contributed by atoms with Gasteiger partial charge in [0, 0.05) is 66.8 Å². The maximum absolute atomic E-state index is 13.1. The van der Waals surface area contributed by atoms with E-state index in [1.54, 1.807) is 43.9 Å². The zero-order valence-corrected chi connectivity index (χ0v) is 25.0. The molecule has 1 aromatic rings. The summed E-state index contributed by atoms with van der Waals surface area (Å²) in [6, 6.07) is 4.33. The molecule has 0 aliphatic carbocycles. The third-order valence-corrected chi connectivity index (χ3v) is 7.80. The molecule has 1 atom stereocenters. The average molecular weight is 597 g/mol. The Kier molecular flexibility index (Phi) is 10.3. The quantitative estimate of drug-likeness (QED) is 0.180. The van der Waals surface area contributed by atoms with E-state index >= 15 is 0 Å². The van der Waals surface area contributed by atoms with Crippen molar-refractivity contribution >= 4 is 35.4 Å². The van der Waals surface area contributed by atoms with Crippen molar-refractivity contribution in [3.63, 3.8) is 0 Å². The fourth-order valence-electron chi connectivity index (χ4n) is 5.56. The number of benzene rings is 1. The molecule has 0 aromatic heterocycles. The summed E-state index contributed by atoms with van der Waals surface area (Å²) in [6.07, 6.45) is 2.08. The number of nitrogens with zero attached hydrogens (tertiary/aromatic N) is 6. The van der Waals surface area contributed by atoms with Gasteiger partial charge >= 0.3 is 6.09 Å². The molecule has 1 aromatic carbocycles. The number of imide groups is 1. The van der Waals surface area contributed by atoms with E-state index < -0.39 is 23.6 Å². The first-order valence-electron chi connectivity index (χ1n) is 14.8. The molecule has 5 amide bonds. The van der Waals surface area contributed by atoms with Gasteiger partial charge in [0.05, 0.1) is 0 Å². The first-order chi connectivity index (χ1) is 20.4. The van der Waals surface area contributed by atoms with E-state index in [0.29, 0.717) is 42.9 Å². The van der Waals surface area contributed by atoms with Crippen molar-refractivity contribution in [1.82, 2.24) is 20.0 Å². The number of piperidine rings is 2. The number of hydrogen-bond donors (Lipinski definition) is 2. The zero-order chi connectivity index (χ0) is 31.1. The standard InChI is InChI=1S/C29H40N8O6/c1-29(2,3)43-28(42)36(17-16-35-14-11-19(12-15-35)33-34-30)13-5-8-24(38)31-22-7-4-6-20-21(22)18-37(27(20)41)23-9-10-25(39)32-26(23)40/h4,6-7,19,23H,5,8-18H2,1-3H3,(H,31,38)(H,32,39,40). The topological polar surface area (TPSA) is 177 Å². The SMILES string of the molecule is CC(C)(C)OC(=O)N(CCCC(=O)Nc1cccc2c1CN(C1CCC(=O)NC1=O)C2=O)CCN1CCC(N=[N+]=[N-])CC1. The molecule has 2 saturated heterocycles. The zero-order valence-electron chi connectivity index (χ0n) is 25.0. The summed E-state index contributed by atoms with van der Waals surface area (Å²) >= 11 is 0. The summed E-state index contributed by atoms with van der Waals surface area (Å²) in [4.78, 5) is 71.1. The monoisotopic (exact) mass is 596 g/mol. The molecule has 4 rings (SSSR count). The third-order valence-electron chi connectivity index (χ3n) is 7.80. The molecule has 2 N–H and O–H groups in total. The van der Waals surface area contributed by atoms with E-state index in [2.05, 4.69) is 25.6 Å². The maximum atomic E-state index is 13.1. The molecule has 0 saturated carbocycles. The molecule has 3 aliphatic heterocycles. The molecule has 14 nitrogen and oxygen atoms in total. The average Bonchev–Trinajstić information content (AvgIpc) is 3.27. The van der Waals surface area contributed by atoms with Gasteiger partial charge in [0.1, 0.15) is 11.6 Å². The smallest absolute Gasteiger partial charge is 0.410 e. The lowest BCUT2D eigenvalue weighted by atomic mass is 10.0. The van der Waals surface area contributed by atoms with Crippen molar-refractivity contribution < 1.29 is 28.7 Å². The number of carbonyl (C=O) groups excluding carboxylic acids is 5. The first-order valence-corrected chi connectivity index (χ1v) is 14.8. The van der Waals surface area contributed by atoms with Crippen molar-refractivity contribution in [2.45, 2.75) is 83.5 Å². The molecule has 0 spiro atoms. The van der Waals surface area contributed by atoms with Gasteiger partial charge in [0.2, 0.25) is 17.7 Å². The van der Waals surface area contributed by atoms with Gasteiger partial charge in [-0.15, -0.1) is 0 Å². The number of fused-ring (bicyclic) bond motifs is 1. The van der Waals surface area contributed by atoms with E-state index in [9.17, 15) is 24.0 Å². The van der Waals surface area contributed by atoms with Crippen LogP contribution in [0.1, 0.15) is 75.2 Å². The second kappa shape index (κ2) is 13.9. The predicted octanol–water partition coefficient (Wildman–Crippen LogP) is 3.18. The third kappa shape index (κ3) is 8.45. The summed E-state index contributed by atoms with van der Waals surface area (Å²) in [5, 5.41) is 8.99. The van der Waals surface area contributed by atoms with Crippen molar-refractivity contribution in [1.29, 1.82) is 0 Å². The van der Waals surface area contributed by atoms with Crippen LogP contribution in [0.2, 0.25) is 0 Å². The number of amides is 5. The van der Waals surface area contributed by atoms with Crippen LogP contribution >= 0.6 is 0 Å². The number of nitrogens with one attached hydrogen (secondary N) is 2. The maximum Gasteiger partial charge on any atom is 0.410 e. The number of anilines is 1. The highest BCUT2D eigenvalue weighted by atomic mass is 16.6. The van der Waals surface area contributed by atoms with Crippen LogP contribution in [-0.2, 0) is 25.7 Å². The number of likely N-dealkylation sites (tertiary alicyclic amines) is 1. The van der Waals surface area contributed by atoms with Gasteiger partial charge in [-0.3, -0.25) is 24.5 Å². The summed E-state index contributed by atoms with van der Waals surface area (Å²) in [7, 11) is 0. The van der Waals surface area contributed by atoms with Crippen LogP contribution < -0.4 is 10.6 Å². The molecule has 0 radical (unpaired) electrons. The highest BCUT2D eigenvalue weighted by molar-refractivity contribution is 6.06. The van der Waals surface area contributed by atoms with Gasteiger partial charge < -0.3 is 24.8 Å². The normalized spacial score (nSPS) is 19.4. The van der Waals surface area contributed by atoms with Gasteiger partial charge in [0.15, 0.2) is 0 Å². The van der Waals surface area contributed by atoms with E-state index in [4.69, 9.17) is 10.3 Å². The minimum absolute atomic E-state index is 0.00573. The van der Waals surface area contributed by atoms with E-state index in [0.717, 1.165) is 25.9 Å². The van der Waals surface area contributed by atoms with Crippen LogP contribution in [0.3, 0.4) is 0 Å². The first kappa shape index (κ1) is 31.8. The minimum atomic E-state index is -0.739. The van der Waals surface area contributed by atoms with Crippen LogP contribution in [0, 0.1) is 0 Å². The molecular formula is C29H40N8O6. The van der Waals surface area contributed by atoms with Crippen molar-refractivity contribution in [3.8, 4) is 0 Å². The van der Waals surface area contributed by atoms with Crippen molar-refractivity contribution in [2.75, 3.05) is 38.0 Å². The van der Waals surface area contributed by atoms with Crippen LogP contribution in [-0.4, -0.2) is 94.8 Å². The number of carbonyl (C=O) groups is 5. The van der Waals surface area contributed by atoms with E-state index in [-0.39, 0.29) is 49.6 Å². The molecule has 232 valence electrons. The van der Waals surface area contributed by atoms with Crippen molar-refractivity contribution in [3.05, 3.63) is 39.8 Å². The van der Waals surface area contributed by atoms with Crippen molar-refractivity contribution in [2.24, 2.45) is 5.11 Å². The fraction of sp³-hybridized carbons (Fsp3) is 0.621. The second-order valence-electron chi connectivity index (χ2n) is 12.1. The van der Waals surface area contributed by atoms with E-state index in [1.807, 2.05) is 0 Å². The molecule has 0 bridgehead atoms. The van der Waals surface area contributed by atoms with Gasteiger partial charge in [-0.2, -0.15) is 0 Å². The number of azide groups is 1. The second-order valence-corrected chi connectivity index (χ2v) is 12.1. The number of ether oxygens (including phenoxy) is 1. The van der Waals surface area contributed by atoms with Gasteiger partial charge in [0.25, 0.3) is 5.91 Å². The van der Waals surface area contributed by atoms with Crippen LogP contribution in [0.5, 0.6) is 0 Å². The molecule has 14 heteroatoms. The molecule has 3 heterocycles. The highest BCUT2D eigenvalue weighted by Crippen LogP contribution is 2.32. The lowest BCUT2D eigenvalue weighted by Gasteiger charge is -2.33. The Balaban J connectivity index is 1.31. The summed E-state index contributed by atoms with van der Waals surface area (Å²) in [5.74, 6) is -1.41. The minimum Gasteiger partial charge on any atom is -0.444 e. The molecule has 43 heavy (non-hydrogen) atoms. The summed E-state index contributed by atoms with van der Waals surface area (Å²) in [5.41, 5.74) is 9.55. The number of rotatable bonds is 10. The summed E-state index contributed by atoms with van der Waals surface area (Å²) in [6.45, 7) is 8.54. The van der Waals surface area contributed by atoms with E-state index in [1.165, 1.54) is 4.90 Å². The number of hydrogen-bond acceptors (Lipinski definition) is 8. The summed E-state index contributed by atoms with van der Waals surface area (Å²) < 4.78 is 5.60. The Hall–Kier alpha value is -4.16. The Morgan fingerprint density at radius 3 is 2.58 bits per heavy atom. The van der Waals surface area contributed by atoms with Crippen LogP contribution in [0.4, 0.5) is 10.5 Å². The lowest BCUT2D eigenvalue weighted by Crippen LogP contribution is -2.52. The van der Waals surface area contributed by atoms with Gasteiger partial charge in [-0.05, 0) is 77.2 Å². The highest BCUT2D eigenvalue weighted by Gasteiger charge is 2.40. The Morgan fingerprint density at radius 1 is 1.16 bits per heavy atom. The predicted molar refractivity (Wildman–Crippen MR) is 157 cm³/mol. The Bertz CT molecular complexity index is 1300. The lowest BCUT2D eigenvalue weighted by molar-refractivity contribution is -0.137. The fourth-order valence-corrected chi connectivity index (χ4v) is 5.56. The molecule has 2 fully saturated rings. The molecule has 3 aliphatic rings. The van der Waals surface area contributed by atoms with Gasteiger partial charge in [-0.1, -0.05) is 11.2 Å². The Morgan fingerprint density at radius 2 is 1.91 bits per heavy atom.